The molecule has 0 aliphatic rings. The number of aromatic nitrogens is 1. The molecule has 0 atom stereocenters. The fraction of sp³-hybridized carbons (Fsp3) is 0. The number of hydrogen-bond acceptors (Lipinski definition) is 0. The maximum Gasteiger partial charge on any atom is 0.0541 e. The molecule has 0 aliphatic carbocycles. The molecule has 0 fully saturated rings. The summed E-state index contributed by atoms with van der Waals surface area (Å²) in [5.41, 5.74) is 7.99. The number of nitrogens with zero attached hydrogens (tertiary/aromatic N) is 1. The second-order valence-electron chi connectivity index (χ2n) is 7.95. The summed E-state index contributed by atoms with van der Waals surface area (Å²) in [6, 6.07) is 42.4. The molecular formula is C30H20ClN. The van der Waals surface area contributed by atoms with Crippen molar-refractivity contribution >= 4 is 33.4 Å². The van der Waals surface area contributed by atoms with Crippen LogP contribution in [0.25, 0.3) is 49.7 Å². The summed E-state index contributed by atoms with van der Waals surface area (Å²) >= 11 is 6.77. The Labute approximate surface area is 192 Å². The van der Waals surface area contributed by atoms with Crippen molar-refractivity contribution in [3.8, 4) is 27.9 Å². The molecule has 0 saturated heterocycles. The van der Waals surface area contributed by atoms with E-state index in [1.54, 1.807) is 0 Å². The minimum absolute atomic E-state index is 0.755. The average molecular weight is 430 g/mol. The summed E-state index contributed by atoms with van der Waals surface area (Å²) in [6.07, 6.45) is 0. The highest BCUT2D eigenvalue weighted by Crippen LogP contribution is 2.39. The van der Waals surface area contributed by atoms with Crippen molar-refractivity contribution in [3.63, 3.8) is 0 Å². The van der Waals surface area contributed by atoms with Crippen LogP contribution in [0.3, 0.4) is 0 Å². The van der Waals surface area contributed by atoms with Crippen molar-refractivity contribution in [3.05, 3.63) is 126 Å². The molecule has 0 aliphatic heterocycles. The lowest BCUT2D eigenvalue weighted by molar-refractivity contribution is 1.18. The number of benzene rings is 5. The lowest BCUT2D eigenvalue weighted by atomic mass is 9.94. The molecule has 0 saturated carbocycles. The lowest BCUT2D eigenvalue weighted by Gasteiger charge is -2.15. The smallest absolute Gasteiger partial charge is 0.0541 e. The Hall–Kier alpha value is -3.81. The van der Waals surface area contributed by atoms with E-state index in [2.05, 4.69) is 108 Å². The number of hydrogen-bond donors (Lipinski definition) is 0. The first-order chi connectivity index (χ1) is 15.8. The predicted octanol–water partition coefficient (Wildman–Crippen LogP) is 8.77. The number of fused-ring (bicyclic) bond motifs is 3. The molecule has 5 aromatic carbocycles. The standard InChI is InChI=1S/C30H20ClN/c31-27-17-9-16-24(21-10-2-1-3-11-21)30(27)22-12-8-13-23(20-22)32-28-18-6-4-14-25(28)26-15-5-7-19-29(26)32/h1-20H. The van der Waals surface area contributed by atoms with Crippen LogP contribution in [0.2, 0.25) is 5.02 Å². The first-order valence-electron chi connectivity index (χ1n) is 10.7. The van der Waals surface area contributed by atoms with Gasteiger partial charge in [-0.2, -0.15) is 0 Å². The molecule has 1 nitrogen and oxygen atoms in total. The predicted molar refractivity (Wildman–Crippen MR) is 137 cm³/mol. The average Bonchev–Trinajstić information content (AvgIpc) is 3.19. The van der Waals surface area contributed by atoms with E-state index in [1.807, 2.05) is 18.2 Å². The maximum absolute atomic E-state index is 6.77. The minimum Gasteiger partial charge on any atom is -0.309 e. The normalized spacial score (nSPS) is 11.3. The Balaban J connectivity index is 1.61. The summed E-state index contributed by atoms with van der Waals surface area (Å²) < 4.78 is 2.34. The van der Waals surface area contributed by atoms with Crippen molar-refractivity contribution in [2.75, 3.05) is 0 Å². The fourth-order valence-electron chi connectivity index (χ4n) is 4.68. The van der Waals surface area contributed by atoms with Crippen molar-refractivity contribution in [1.29, 1.82) is 0 Å². The molecule has 0 amide bonds. The molecule has 1 aromatic heterocycles. The molecule has 152 valence electrons. The van der Waals surface area contributed by atoms with E-state index in [0.29, 0.717) is 0 Å². The second kappa shape index (κ2) is 7.71. The van der Waals surface area contributed by atoms with Crippen LogP contribution in [-0.4, -0.2) is 4.57 Å². The van der Waals surface area contributed by atoms with Gasteiger partial charge in [0.2, 0.25) is 0 Å². The first-order valence-corrected chi connectivity index (χ1v) is 11.1. The number of halogens is 1. The SMILES string of the molecule is Clc1cccc(-c2ccccc2)c1-c1cccc(-n2c3ccccc3c3ccccc32)c1. The zero-order chi connectivity index (χ0) is 21.5. The van der Waals surface area contributed by atoms with Gasteiger partial charge >= 0.3 is 0 Å². The van der Waals surface area contributed by atoms with E-state index >= 15 is 0 Å². The van der Waals surface area contributed by atoms with E-state index in [0.717, 1.165) is 33.0 Å². The van der Waals surface area contributed by atoms with Crippen LogP contribution in [0, 0.1) is 0 Å². The third kappa shape index (κ3) is 3.02. The molecule has 1 heterocycles. The van der Waals surface area contributed by atoms with Gasteiger partial charge in [0.05, 0.1) is 11.0 Å². The Morgan fingerprint density at radius 1 is 0.500 bits per heavy atom. The Morgan fingerprint density at radius 2 is 1.09 bits per heavy atom. The molecule has 0 spiro atoms. The first kappa shape index (κ1) is 18.9. The van der Waals surface area contributed by atoms with Gasteiger partial charge in [-0.15, -0.1) is 0 Å². The summed E-state index contributed by atoms with van der Waals surface area (Å²) in [5, 5.41) is 3.28. The van der Waals surface area contributed by atoms with Gasteiger partial charge in [-0.1, -0.05) is 103 Å². The zero-order valence-corrected chi connectivity index (χ0v) is 18.1. The fourth-order valence-corrected chi connectivity index (χ4v) is 4.96. The van der Waals surface area contributed by atoms with Crippen molar-refractivity contribution in [2.45, 2.75) is 0 Å². The highest BCUT2D eigenvalue weighted by Gasteiger charge is 2.15. The summed E-state index contributed by atoms with van der Waals surface area (Å²) in [4.78, 5) is 0. The lowest BCUT2D eigenvalue weighted by Crippen LogP contribution is -1.95. The molecule has 0 unspecified atom stereocenters. The van der Waals surface area contributed by atoms with Gasteiger partial charge in [0.15, 0.2) is 0 Å². The topological polar surface area (TPSA) is 4.93 Å². The summed E-state index contributed by atoms with van der Waals surface area (Å²) in [6.45, 7) is 0. The van der Waals surface area contributed by atoms with Crippen LogP contribution in [0.4, 0.5) is 0 Å². The third-order valence-electron chi connectivity index (χ3n) is 6.07. The monoisotopic (exact) mass is 429 g/mol. The van der Waals surface area contributed by atoms with Crippen LogP contribution in [0.15, 0.2) is 121 Å². The number of para-hydroxylation sites is 2. The van der Waals surface area contributed by atoms with Gasteiger partial charge < -0.3 is 4.57 Å². The van der Waals surface area contributed by atoms with Crippen LogP contribution >= 0.6 is 11.6 Å². The number of rotatable bonds is 3. The van der Waals surface area contributed by atoms with Crippen LogP contribution in [0.5, 0.6) is 0 Å². The third-order valence-corrected chi connectivity index (χ3v) is 6.39. The van der Waals surface area contributed by atoms with Gasteiger partial charge in [0.1, 0.15) is 0 Å². The maximum atomic E-state index is 6.77. The van der Waals surface area contributed by atoms with Gasteiger partial charge in [0.25, 0.3) is 0 Å². The molecule has 6 rings (SSSR count). The summed E-state index contributed by atoms with van der Waals surface area (Å²) in [5.74, 6) is 0. The summed E-state index contributed by atoms with van der Waals surface area (Å²) in [7, 11) is 0. The quantitative estimate of drug-likeness (QED) is 0.265. The molecule has 6 aromatic rings. The van der Waals surface area contributed by atoms with Crippen molar-refractivity contribution in [1.82, 2.24) is 4.57 Å². The van der Waals surface area contributed by atoms with Crippen molar-refractivity contribution < 1.29 is 0 Å². The van der Waals surface area contributed by atoms with Crippen molar-refractivity contribution in [2.24, 2.45) is 0 Å². The van der Waals surface area contributed by atoms with E-state index in [4.69, 9.17) is 11.6 Å². The van der Waals surface area contributed by atoms with E-state index < -0.39 is 0 Å². The molecule has 0 N–H and O–H groups in total. The molecule has 0 bridgehead atoms. The van der Waals surface area contributed by atoms with Crippen LogP contribution in [0.1, 0.15) is 0 Å². The van der Waals surface area contributed by atoms with Gasteiger partial charge in [-0.3, -0.25) is 0 Å². The minimum atomic E-state index is 0.755. The van der Waals surface area contributed by atoms with Crippen LogP contribution < -0.4 is 0 Å². The Kier molecular flexibility index (Phi) is 4.56. The Morgan fingerprint density at radius 3 is 1.81 bits per heavy atom. The zero-order valence-electron chi connectivity index (χ0n) is 17.4. The van der Waals surface area contributed by atoms with E-state index in [1.165, 1.54) is 21.8 Å². The molecule has 32 heavy (non-hydrogen) atoms. The molecule has 0 radical (unpaired) electrons. The van der Waals surface area contributed by atoms with Gasteiger partial charge in [-0.25, -0.2) is 0 Å². The molecular weight excluding hydrogens is 410 g/mol. The highest BCUT2D eigenvalue weighted by atomic mass is 35.5. The molecule has 2 heteroatoms. The van der Waals surface area contributed by atoms with Gasteiger partial charge in [0, 0.05) is 27.0 Å². The van der Waals surface area contributed by atoms with Gasteiger partial charge in [-0.05, 0) is 47.0 Å². The largest absolute Gasteiger partial charge is 0.309 e. The highest BCUT2D eigenvalue weighted by molar-refractivity contribution is 6.34. The second-order valence-corrected chi connectivity index (χ2v) is 8.36. The Bertz CT molecular complexity index is 1520. The van der Waals surface area contributed by atoms with Crippen LogP contribution in [-0.2, 0) is 0 Å². The van der Waals surface area contributed by atoms with E-state index in [-0.39, 0.29) is 0 Å². The van der Waals surface area contributed by atoms with E-state index in [9.17, 15) is 0 Å².